The molecule has 2 heterocycles. The van der Waals surface area contributed by atoms with Crippen LogP contribution in [0, 0.1) is 0 Å². The topological polar surface area (TPSA) is 57.2 Å². The Morgan fingerprint density at radius 3 is 2.78 bits per heavy atom. The zero-order valence-corrected chi connectivity index (χ0v) is 10.9. The van der Waals surface area contributed by atoms with Crippen molar-refractivity contribution in [2.45, 2.75) is 31.0 Å². The summed E-state index contributed by atoms with van der Waals surface area (Å²) in [5.74, 6) is -0.939. The molecule has 0 aromatic heterocycles. The Balaban J connectivity index is 2.18. The van der Waals surface area contributed by atoms with Crippen LogP contribution in [0.15, 0.2) is 12.2 Å². The minimum absolute atomic E-state index is 0.189. The third-order valence-electron chi connectivity index (χ3n) is 3.46. The first kappa shape index (κ1) is 13.3. The monoisotopic (exact) mass is 257 g/mol. The maximum absolute atomic E-state index is 11.7. The highest BCUT2D eigenvalue weighted by atomic mass is 16.8. The van der Waals surface area contributed by atoms with Gasteiger partial charge in [0, 0.05) is 20.8 Å². The van der Waals surface area contributed by atoms with Gasteiger partial charge in [0.05, 0.1) is 13.2 Å². The molecule has 3 unspecified atom stereocenters. The summed E-state index contributed by atoms with van der Waals surface area (Å²) in [5.41, 5.74) is 0. The van der Waals surface area contributed by atoms with E-state index >= 15 is 0 Å². The highest BCUT2D eigenvalue weighted by molar-refractivity contribution is 5.68. The fourth-order valence-corrected chi connectivity index (χ4v) is 2.56. The van der Waals surface area contributed by atoms with Crippen LogP contribution in [0.1, 0.15) is 12.8 Å². The number of carbonyl (C=O) groups is 1. The largest absolute Gasteiger partial charge is 0.453 e. The van der Waals surface area contributed by atoms with E-state index in [0.29, 0.717) is 6.54 Å². The first-order chi connectivity index (χ1) is 8.66. The quantitative estimate of drug-likeness (QED) is 0.709. The molecular formula is C12H19NO5. The van der Waals surface area contributed by atoms with Crippen molar-refractivity contribution >= 4 is 6.09 Å². The van der Waals surface area contributed by atoms with E-state index < -0.39 is 12.1 Å². The summed E-state index contributed by atoms with van der Waals surface area (Å²) in [4.78, 5) is 13.4. The lowest BCUT2D eigenvalue weighted by molar-refractivity contribution is -0.261. The molecule has 0 N–H and O–H groups in total. The first-order valence-corrected chi connectivity index (χ1v) is 5.96. The Kier molecular flexibility index (Phi) is 3.89. The number of carbonyl (C=O) groups excluding carboxylic acids is 1. The van der Waals surface area contributed by atoms with Crippen molar-refractivity contribution in [3.05, 3.63) is 12.2 Å². The Labute approximate surface area is 106 Å². The van der Waals surface area contributed by atoms with Crippen LogP contribution < -0.4 is 0 Å². The summed E-state index contributed by atoms with van der Waals surface area (Å²) >= 11 is 0. The van der Waals surface area contributed by atoms with Crippen LogP contribution >= 0.6 is 0 Å². The van der Waals surface area contributed by atoms with Crippen LogP contribution in [0.5, 0.6) is 0 Å². The second-order valence-corrected chi connectivity index (χ2v) is 4.33. The summed E-state index contributed by atoms with van der Waals surface area (Å²) in [5, 5.41) is 0. The van der Waals surface area contributed by atoms with Gasteiger partial charge in [0.15, 0.2) is 6.29 Å². The molecule has 18 heavy (non-hydrogen) atoms. The van der Waals surface area contributed by atoms with Gasteiger partial charge in [-0.25, -0.2) is 4.79 Å². The molecule has 0 radical (unpaired) electrons. The second-order valence-electron chi connectivity index (χ2n) is 4.33. The molecule has 0 aliphatic carbocycles. The van der Waals surface area contributed by atoms with Crippen LogP contribution in [0.4, 0.5) is 4.79 Å². The van der Waals surface area contributed by atoms with E-state index in [1.807, 2.05) is 6.08 Å². The lowest BCUT2D eigenvalue weighted by Crippen LogP contribution is -2.52. The van der Waals surface area contributed by atoms with Gasteiger partial charge in [-0.3, -0.25) is 4.90 Å². The molecule has 1 saturated heterocycles. The predicted molar refractivity (Wildman–Crippen MR) is 62.9 cm³/mol. The van der Waals surface area contributed by atoms with Gasteiger partial charge in [-0.1, -0.05) is 0 Å². The smallest absolute Gasteiger partial charge is 0.409 e. The van der Waals surface area contributed by atoms with Crippen molar-refractivity contribution in [3.8, 4) is 0 Å². The minimum atomic E-state index is -0.939. The molecule has 0 aromatic rings. The molecule has 2 aliphatic heterocycles. The van der Waals surface area contributed by atoms with E-state index in [0.717, 1.165) is 12.8 Å². The summed E-state index contributed by atoms with van der Waals surface area (Å²) < 4.78 is 21.2. The van der Waals surface area contributed by atoms with E-state index in [1.54, 1.807) is 25.2 Å². The average Bonchev–Trinajstić information content (AvgIpc) is 3.04. The first-order valence-electron chi connectivity index (χ1n) is 5.96. The molecular weight excluding hydrogens is 238 g/mol. The van der Waals surface area contributed by atoms with Crippen LogP contribution in [-0.4, -0.2) is 57.0 Å². The van der Waals surface area contributed by atoms with Gasteiger partial charge in [0.2, 0.25) is 5.79 Å². The molecule has 0 aromatic carbocycles. The number of methoxy groups -OCH3 is 3. The fraction of sp³-hybridized carbons (Fsp3) is 0.750. The van der Waals surface area contributed by atoms with Crippen molar-refractivity contribution in [1.82, 2.24) is 4.90 Å². The highest BCUT2D eigenvalue weighted by Gasteiger charge is 2.49. The number of amides is 1. The standard InChI is InChI=1S/C12H19NO5/c1-15-10-6-7-12(17-3,18-10)9-5-4-8-13(9)11(14)16-2/h6-7,9-10H,4-5,8H2,1-3H3. The lowest BCUT2D eigenvalue weighted by Gasteiger charge is -2.37. The number of likely N-dealkylation sites (tertiary alicyclic amines) is 1. The normalized spacial score (nSPS) is 35.2. The molecule has 6 nitrogen and oxygen atoms in total. The van der Waals surface area contributed by atoms with Crippen molar-refractivity contribution < 1.29 is 23.7 Å². The number of rotatable bonds is 3. The Morgan fingerprint density at radius 2 is 2.22 bits per heavy atom. The number of hydrogen-bond acceptors (Lipinski definition) is 5. The number of nitrogens with zero attached hydrogens (tertiary/aromatic N) is 1. The summed E-state index contributed by atoms with van der Waals surface area (Å²) in [7, 11) is 4.50. The van der Waals surface area contributed by atoms with Gasteiger partial charge in [-0.05, 0) is 25.0 Å². The van der Waals surface area contributed by atoms with Gasteiger partial charge in [0.25, 0.3) is 0 Å². The maximum Gasteiger partial charge on any atom is 0.409 e. The maximum atomic E-state index is 11.7. The zero-order valence-electron chi connectivity index (χ0n) is 10.9. The van der Waals surface area contributed by atoms with Gasteiger partial charge >= 0.3 is 6.09 Å². The van der Waals surface area contributed by atoms with E-state index in [9.17, 15) is 4.79 Å². The predicted octanol–water partition coefficient (Wildman–Crippen LogP) is 1.12. The van der Waals surface area contributed by atoms with Crippen LogP contribution in [-0.2, 0) is 18.9 Å². The van der Waals surface area contributed by atoms with Gasteiger partial charge < -0.3 is 18.9 Å². The molecule has 0 bridgehead atoms. The van der Waals surface area contributed by atoms with E-state index in [-0.39, 0.29) is 12.1 Å². The Hall–Kier alpha value is -1.11. The minimum Gasteiger partial charge on any atom is -0.453 e. The molecule has 0 saturated carbocycles. The highest BCUT2D eigenvalue weighted by Crippen LogP contribution is 2.36. The van der Waals surface area contributed by atoms with Crippen LogP contribution in [0.2, 0.25) is 0 Å². The Morgan fingerprint density at radius 1 is 1.44 bits per heavy atom. The average molecular weight is 257 g/mol. The number of ether oxygens (including phenoxy) is 4. The van der Waals surface area contributed by atoms with Crippen molar-refractivity contribution in [3.63, 3.8) is 0 Å². The zero-order chi connectivity index (χ0) is 13.2. The summed E-state index contributed by atoms with van der Waals surface area (Å²) in [6.45, 7) is 0.650. The fourth-order valence-electron chi connectivity index (χ4n) is 2.56. The lowest BCUT2D eigenvalue weighted by atomic mass is 10.0. The Bertz CT molecular complexity index is 345. The number of hydrogen-bond donors (Lipinski definition) is 0. The molecule has 6 heteroatoms. The van der Waals surface area contributed by atoms with E-state index in [2.05, 4.69) is 0 Å². The molecule has 102 valence electrons. The second kappa shape index (κ2) is 5.26. The van der Waals surface area contributed by atoms with Crippen LogP contribution in [0.3, 0.4) is 0 Å². The van der Waals surface area contributed by atoms with Gasteiger partial charge in [-0.15, -0.1) is 0 Å². The summed E-state index contributed by atoms with van der Waals surface area (Å²) in [6.07, 6.45) is 4.52. The molecule has 1 fully saturated rings. The van der Waals surface area contributed by atoms with Crippen molar-refractivity contribution in [2.24, 2.45) is 0 Å². The molecule has 1 amide bonds. The summed E-state index contributed by atoms with van der Waals surface area (Å²) in [6, 6.07) is -0.189. The third-order valence-corrected chi connectivity index (χ3v) is 3.46. The molecule has 2 aliphatic rings. The SMILES string of the molecule is COC(=O)N1CCCC1C1(OC)C=CC(OC)O1. The molecule has 2 rings (SSSR count). The van der Waals surface area contributed by atoms with E-state index in [4.69, 9.17) is 18.9 Å². The van der Waals surface area contributed by atoms with Crippen LogP contribution in [0.25, 0.3) is 0 Å². The van der Waals surface area contributed by atoms with Gasteiger partial charge in [0.1, 0.15) is 0 Å². The van der Waals surface area contributed by atoms with Crippen molar-refractivity contribution in [1.29, 1.82) is 0 Å². The molecule has 0 spiro atoms. The molecule has 3 atom stereocenters. The third kappa shape index (κ3) is 2.11. The van der Waals surface area contributed by atoms with Crippen molar-refractivity contribution in [2.75, 3.05) is 27.9 Å². The van der Waals surface area contributed by atoms with E-state index in [1.165, 1.54) is 7.11 Å². The van der Waals surface area contributed by atoms with Gasteiger partial charge in [-0.2, -0.15) is 0 Å².